The number of hydrogen-bond acceptors (Lipinski definition) is 5. The molecule has 7 heteroatoms. The fraction of sp³-hybridized carbons (Fsp3) is 0.462. The van der Waals surface area contributed by atoms with Crippen molar-refractivity contribution in [2.24, 2.45) is 7.05 Å². The summed E-state index contributed by atoms with van der Waals surface area (Å²) in [5, 5.41) is 4.34. The summed E-state index contributed by atoms with van der Waals surface area (Å²) < 4.78 is 7.80. The molecule has 0 aliphatic carbocycles. The van der Waals surface area contributed by atoms with Crippen LogP contribution in [-0.2, 0) is 7.05 Å². The molecule has 2 rings (SSSR count). The first-order valence-electron chi connectivity index (χ1n) is 6.27. The lowest BCUT2D eigenvalue weighted by Gasteiger charge is -2.12. The minimum absolute atomic E-state index is 0.233. The van der Waals surface area contributed by atoms with E-state index in [1.54, 1.807) is 11.8 Å². The number of halogens is 1. The molecule has 2 heterocycles. The summed E-state index contributed by atoms with van der Waals surface area (Å²) in [6, 6.07) is 0. The second-order valence-corrected chi connectivity index (χ2v) is 5.67. The summed E-state index contributed by atoms with van der Waals surface area (Å²) in [6.07, 6.45) is 0. The lowest BCUT2D eigenvalue weighted by atomic mass is 10.1. The van der Waals surface area contributed by atoms with Gasteiger partial charge in [0.1, 0.15) is 11.4 Å². The number of methoxy groups -OCH3 is 1. The second kappa shape index (κ2) is 5.40. The van der Waals surface area contributed by atoms with Crippen LogP contribution in [0.3, 0.4) is 0 Å². The van der Waals surface area contributed by atoms with Gasteiger partial charge in [-0.05, 0) is 28.8 Å². The number of rotatable bonds is 3. The highest BCUT2D eigenvalue weighted by molar-refractivity contribution is 9.10. The molecule has 0 spiro atoms. The zero-order valence-electron chi connectivity index (χ0n) is 12.2. The standard InChI is InChI=1S/C13H18BrN5O/c1-6(2)10-9(14)11(15)17-12(16-10)8-7(3)18-19(4)13(8)20-5/h6H,1-5H3,(H2,15,16,17). The van der Waals surface area contributed by atoms with E-state index < -0.39 is 0 Å². The lowest BCUT2D eigenvalue weighted by Crippen LogP contribution is -2.05. The van der Waals surface area contributed by atoms with E-state index in [2.05, 4.69) is 44.8 Å². The van der Waals surface area contributed by atoms with Crippen molar-refractivity contribution >= 4 is 21.7 Å². The molecule has 20 heavy (non-hydrogen) atoms. The molecule has 6 nitrogen and oxygen atoms in total. The van der Waals surface area contributed by atoms with E-state index in [1.165, 1.54) is 0 Å². The van der Waals surface area contributed by atoms with Crippen LogP contribution in [0, 0.1) is 6.92 Å². The maximum atomic E-state index is 5.98. The van der Waals surface area contributed by atoms with Crippen LogP contribution in [0.1, 0.15) is 31.2 Å². The monoisotopic (exact) mass is 339 g/mol. The van der Waals surface area contributed by atoms with Gasteiger partial charge in [0.15, 0.2) is 5.82 Å². The van der Waals surface area contributed by atoms with E-state index in [9.17, 15) is 0 Å². The smallest absolute Gasteiger partial charge is 0.222 e. The van der Waals surface area contributed by atoms with Crippen molar-refractivity contribution < 1.29 is 4.74 Å². The highest BCUT2D eigenvalue weighted by Crippen LogP contribution is 2.34. The Bertz CT molecular complexity index is 651. The highest BCUT2D eigenvalue weighted by atomic mass is 79.9. The first kappa shape index (κ1) is 14.8. The quantitative estimate of drug-likeness (QED) is 0.929. The molecule has 0 saturated heterocycles. The molecule has 0 aliphatic heterocycles. The molecule has 108 valence electrons. The maximum absolute atomic E-state index is 5.98. The van der Waals surface area contributed by atoms with E-state index in [-0.39, 0.29) is 5.92 Å². The van der Waals surface area contributed by atoms with Crippen molar-refractivity contribution in [2.75, 3.05) is 12.8 Å². The SMILES string of the molecule is COc1c(-c2nc(N)c(Br)c(C(C)C)n2)c(C)nn1C. The van der Waals surface area contributed by atoms with Gasteiger partial charge in [0.25, 0.3) is 0 Å². The Kier molecular flexibility index (Phi) is 3.99. The van der Waals surface area contributed by atoms with Gasteiger partial charge in [-0.3, -0.25) is 0 Å². The van der Waals surface area contributed by atoms with Crippen LogP contribution in [-0.4, -0.2) is 26.9 Å². The normalized spacial score (nSPS) is 11.2. The van der Waals surface area contributed by atoms with Gasteiger partial charge in [-0.25, -0.2) is 14.6 Å². The van der Waals surface area contributed by atoms with Gasteiger partial charge in [0, 0.05) is 7.05 Å². The minimum Gasteiger partial charge on any atom is -0.481 e. The third kappa shape index (κ3) is 2.37. The van der Waals surface area contributed by atoms with Gasteiger partial charge in [0.05, 0.1) is 23.0 Å². The average Bonchev–Trinajstić information content (AvgIpc) is 2.66. The van der Waals surface area contributed by atoms with Crippen molar-refractivity contribution in [1.82, 2.24) is 19.7 Å². The summed E-state index contributed by atoms with van der Waals surface area (Å²) in [4.78, 5) is 8.97. The van der Waals surface area contributed by atoms with Gasteiger partial charge >= 0.3 is 0 Å². The van der Waals surface area contributed by atoms with Gasteiger partial charge in [0.2, 0.25) is 5.88 Å². The van der Waals surface area contributed by atoms with Gasteiger partial charge in [-0.15, -0.1) is 0 Å². The number of anilines is 1. The average molecular weight is 340 g/mol. The molecular formula is C13H18BrN5O. The van der Waals surface area contributed by atoms with Crippen LogP contribution in [0.25, 0.3) is 11.4 Å². The van der Waals surface area contributed by atoms with Crippen LogP contribution in [0.15, 0.2) is 4.47 Å². The van der Waals surface area contributed by atoms with Gasteiger partial charge in [-0.1, -0.05) is 13.8 Å². The van der Waals surface area contributed by atoms with Crippen molar-refractivity contribution in [3.8, 4) is 17.3 Å². The minimum atomic E-state index is 0.233. The van der Waals surface area contributed by atoms with Crippen LogP contribution < -0.4 is 10.5 Å². The fourth-order valence-electron chi connectivity index (χ4n) is 2.11. The molecule has 2 aromatic rings. The molecule has 0 radical (unpaired) electrons. The second-order valence-electron chi connectivity index (χ2n) is 4.88. The summed E-state index contributed by atoms with van der Waals surface area (Å²) in [7, 11) is 3.42. The van der Waals surface area contributed by atoms with Crippen LogP contribution in [0.2, 0.25) is 0 Å². The van der Waals surface area contributed by atoms with Crippen molar-refractivity contribution in [3.05, 3.63) is 15.9 Å². The number of nitrogen functional groups attached to an aromatic ring is 1. The molecule has 0 aromatic carbocycles. The molecule has 0 saturated carbocycles. The Morgan fingerprint density at radius 3 is 2.50 bits per heavy atom. The Morgan fingerprint density at radius 1 is 1.30 bits per heavy atom. The first-order chi connectivity index (χ1) is 9.36. The molecule has 2 N–H and O–H groups in total. The van der Waals surface area contributed by atoms with E-state index in [1.807, 2.05) is 14.0 Å². The number of hydrogen-bond donors (Lipinski definition) is 1. The summed E-state index contributed by atoms with van der Waals surface area (Å²) in [6.45, 7) is 6.02. The number of aryl methyl sites for hydroxylation is 2. The summed E-state index contributed by atoms with van der Waals surface area (Å²) in [5.74, 6) is 1.82. The van der Waals surface area contributed by atoms with Crippen LogP contribution in [0.5, 0.6) is 5.88 Å². The highest BCUT2D eigenvalue weighted by Gasteiger charge is 2.21. The molecule has 0 fully saturated rings. The van der Waals surface area contributed by atoms with Crippen molar-refractivity contribution in [3.63, 3.8) is 0 Å². The molecule has 0 unspecified atom stereocenters. The topological polar surface area (TPSA) is 78.8 Å². The number of nitrogens with zero attached hydrogens (tertiary/aromatic N) is 4. The molecular weight excluding hydrogens is 322 g/mol. The molecule has 0 atom stereocenters. The number of aromatic nitrogens is 4. The zero-order chi connectivity index (χ0) is 15.0. The lowest BCUT2D eigenvalue weighted by molar-refractivity contribution is 0.374. The summed E-state index contributed by atoms with van der Waals surface area (Å²) >= 11 is 3.44. The van der Waals surface area contributed by atoms with Gasteiger partial charge in [-0.2, -0.15) is 5.10 Å². The van der Waals surface area contributed by atoms with Crippen LogP contribution in [0.4, 0.5) is 5.82 Å². The largest absolute Gasteiger partial charge is 0.481 e. The first-order valence-corrected chi connectivity index (χ1v) is 7.07. The zero-order valence-corrected chi connectivity index (χ0v) is 13.8. The van der Waals surface area contributed by atoms with E-state index >= 15 is 0 Å². The molecule has 0 amide bonds. The van der Waals surface area contributed by atoms with E-state index in [0.29, 0.717) is 17.5 Å². The Morgan fingerprint density at radius 2 is 1.95 bits per heavy atom. The number of ether oxygens (including phenoxy) is 1. The molecule has 0 bridgehead atoms. The van der Waals surface area contributed by atoms with E-state index in [0.717, 1.165) is 21.4 Å². The third-order valence-electron chi connectivity index (χ3n) is 3.04. The Hall–Kier alpha value is -1.63. The Labute approximate surface area is 126 Å². The van der Waals surface area contributed by atoms with Crippen molar-refractivity contribution in [2.45, 2.75) is 26.7 Å². The van der Waals surface area contributed by atoms with Crippen molar-refractivity contribution in [1.29, 1.82) is 0 Å². The van der Waals surface area contributed by atoms with Gasteiger partial charge < -0.3 is 10.5 Å². The maximum Gasteiger partial charge on any atom is 0.222 e. The molecule has 2 aromatic heterocycles. The predicted molar refractivity (Wildman–Crippen MR) is 81.7 cm³/mol. The van der Waals surface area contributed by atoms with Crippen LogP contribution >= 0.6 is 15.9 Å². The Balaban J connectivity index is 2.71. The molecule has 0 aliphatic rings. The predicted octanol–water partition coefficient (Wildman–Crippen LogP) is 2.66. The van der Waals surface area contributed by atoms with E-state index in [4.69, 9.17) is 10.5 Å². The number of nitrogens with two attached hydrogens (primary N) is 1. The third-order valence-corrected chi connectivity index (χ3v) is 3.85. The fourth-order valence-corrected chi connectivity index (χ4v) is 2.74. The summed E-state index contributed by atoms with van der Waals surface area (Å²) in [5.41, 5.74) is 8.43.